The molecular formula is C22H21FN2O2. The maximum absolute atomic E-state index is 12.9. The molecule has 3 aromatic rings. The van der Waals surface area contributed by atoms with Crippen LogP contribution in [0.3, 0.4) is 0 Å². The Kier molecular flexibility index (Phi) is 6.41. The highest BCUT2D eigenvalue weighted by Gasteiger charge is 2.06. The Balaban J connectivity index is 1.47. The molecule has 0 aliphatic carbocycles. The maximum atomic E-state index is 12.9. The molecule has 0 atom stereocenters. The monoisotopic (exact) mass is 364 g/mol. The molecule has 0 bridgehead atoms. The zero-order valence-corrected chi connectivity index (χ0v) is 14.8. The first-order valence-corrected chi connectivity index (χ1v) is 8.77. The van der Waals surface area contributed by atoms with E-state index < -0.39 is 0 Å². The normalized spacial score (nSPS) is 10.3. The van der Waals surface area contributed by atoms with Crippen LogP contribution in [0.25, 0.3) is 0 Å². The largest absolute Gasteiger partial charge is 0.455 e. The van der Waals surface area contributed by atoms with Gasteiger partial charge in [0, 0.05) is 19.5 Å². The lowest BCUT2D eigenvalue weighted by Crippen LogP contribution is -2.24. The van der Waals surface area contributed by atoms with Crippen molar-refractivity contribution >= 4 is 11.6 Å². The molecule has 0 aliphatic heterocycles. The van der Waals surface area contributed by atoms with E-state index in [2.05, 4.69) is 10.6 Å². The number of benzene rings is 3. The Morgan fingerprint density at radius 3 is 2.37 bits per heavy atom. The van der Waals surface area contributed by atoms with Crippen molar-refractivity contribution in [2.45, 2.75) is 13.0 Å². The van der Waals surface area contributed by atoms with Gasteiger partial charge in [-0.3, -0.25) is 4.79 Å². The highest BCUT2D eigenvalue weighted by atomic mass is 19.1. The number of para-hydroxylation sites is 3. The number of carbonyl (C=O) groups is 1. The Labute approximate surface area is 158 Å². The Hall–Kier alpha value is -3.34. The third-order valence-corrected chi connectivity index (χ3v) is 3.93. The summed E-state index contributed by atoms with van der Waals surface area (Å²) in [6.45, 7) is 0.858. The van der Waals surface area contributed by atoms with Crippen LogP contribution >= 0.6 is 0 Å². The van der Waals surface area contributed by atoms with Crippen molar-refractivity contribution in [3.8, 4) is 11.5 Å². The first-order valence-electron chi connectivity index (χ1n) is 8.77. The summed E-state index contributed by atoms with van der Waals surface area (Å²) in [7, 11) is 0. The number of anilines is 1. The highest BCUT2D eigenvalue weighted by molar-refractivity contribution is 5.76. The number of rotatable bonds is 8. The zero-order chi connectivity index (χ0) is 18.9. The molecule has 1 amide bonds. The van der Waals surface area contributed by atoms with E-state index in [1.807, 2.05) is 54.6 Å². The van der Waals surface area contributed by atoms with Crippen LogP contribution in [0.2, 0.25) is 0 Å². The van der Waals surface area contributed by atoms with Gasteiger partial charge in [-0.15, -0.1) is 0 Å². The highest BCUT2D eigenvalue weighted by Crippen LogP contribution is 2.28. The molecule has 3 aromatic carbocycles. The number of carbonyl (C=O) groups excluding carboxylic acids is 1. The molecule has 3 rings (SSSR count). The third kappa shape index (κ3) is 5.85. The minimum absolute atomic E-state index is 0.0757. The predicted octanol–water partition coefficient (Wildman–Crippen LogP) is 4.74. The van der Waals surface area contributed by atoms with Gasteiger partial charge in [-0.25, -0.2) is 4.39 Å². The van der Waals surface area contributed by atoms with E-state index in [4.69, 9.17) is 4.74 Å². The van der Waals surface area contributed by atoms with Gasteiger partial charge in [-0.05, 0) is 42.0 Å². The number of hydrogen-bond donors (Lipinski definition) is 2. The van der Waals surface area contributed by atoms with Crippen molar-refractivity contribution in [2.75, 3.05) is 11.9 Å². The van der Waals surface area contributed by atoms with Crippen molar-refractivity contribution in [2.24, 2.45) is 0 Å². The van der Waals surface area contributed by atoms with E-state index >= 15 is 0 Å². The topological polar surface area (TPSA) is 50.4 Å². The first kappa shape index (κ1) is 18.5. The lowest BCUT2D eigenvalue weighted by atomic mass is 10.2. The summed E-state index contributed by atoms with van der Waals surface area (Å²) >= 11 is 0. The second kappa shape index (κ2) is 9.38. The number of halogens is 1. The number of nitrogens with one attached hydrogen (secondary N) is 2. The summed E-state index contributed by atoms with van der Waals surface area (Å²) < 4.78 is 18.8. The van der Waals surface area contributed by atoms with E-state index in [0.29, 0.717) is 25.3 Å². The van der Waals surface area contributed by atoms with Crippen molar-refractivity contribution in [1.29, 1.82) is 0 Å². The molecular weight excluding hydrogens is 343 g/mol. The average molecular weight is 364 g/mol. The maximum Gasteiger partial charge on any atom is 0.222 e. The van der Waals surface area contributed by atoms with Crippen molar-refractivity contribution in [3.05, 3.63) is 90.2 Å². The molecule has 0 spiro atoms. The Morgan fingerprint density at radius 2 is 1.59 bits per heavy atom. The summed E-state index contributed by atoms with van der Waals surface area (Å²) in [6, 6.07) is 23.2. The number of hydrogen-bond acceptors (Lipinski definition) is 3. The average Bonchev–Trinajstić information content (AvgIpc) is 2.70. The van der Waals surface area contributed by atoms with Gasteiger partial charge in [0.1, 0.15) is 11.6 Å². The molecule has 0 saturated carbocycles. The number of ether oxygens (including phenoxy) is 1. The van der Waals surface area contributed by atoms with Gasteiger partial charge >= 0.3 is 0 Å². The first-order chi connectivity index (χ1) is 13.2. The molecule has 0 fully saturated rings. The fraction of sp³-hybridized carbons (Fsp3) is 0.136. The minimum Gasteiger partial charge on any atom is -0.455 e. The molecule has 0 unspecified atom stereocenters. The van der Waals surface area contributed by atoms with Crippen LogP contribution in [0.15, 0.2) is 78.9 Å². The van der Waals surface area contributed by atoms with Gasteiger partial charge in [0.2, 0.25) is 5.91 Å². The van der Waals surface area contributed by atoms with E-state index in [0.717, 1.165) is 17.0 Å². The van der Waals surface area contributed by atoms with Crippen LogP contribution in [0.1, 0.15) is 12.0 Å². The van der Waals surface area contributed by atoms with E-state index in [1.165, 1.54) is 12.1 Å². The lowest BCUT2D eigenvalue weighted by Gasteiger charge is -2.13. The molecule has 2 N–H and O–H groups in total. The molecule has 0 saturated heterocycles. The Morgan fingerprint density at radius 1 is 0.889 bits per heavy atom. The van der Waals surface area contributed by atoms with Gasteiger partial charge in [-0.2, -0.15) is 0 Å². The summed E-state index contributed by atoms with van der Waals surface area (Å²) in [5, 5.41) is 6.06. The summed E-state index contributed by atoms with van der Waals surface area (Å²) in [5.74, 6) is 1.10. The van der Waals surface area contributed by atoms with Crippen molar-refractivity contribution in [3.63, 3.8) is 0 Å². The summed E-state index contributed by atoms with van der Waals surface area (Å²) in [5.41, 5.74) is 1.69. The van der Waals surface area contributed by atoms with E-state index in [1.54, 1.807) is 12.1 Å². The predicted molar refractivity (Wildman–Crippen MR) is 104 cm³/mol. The van der Waals surface area contributed by atoms with Gasteiger partial charge in [0.05, 0.1) is 5.69 Å². The third-order valence-electron chi connectivity index (χ3n) is 3.93. The van der Waals surface area contributed by atoms with Crippen LogP contribution < -0.4 is 15.4 Å². The molecule has 138 valence electrons. The van der Waals surface area contributed by atoms with Gasteiger partial charge < -0.3 is 15.4 Å². The molecule has 27 heavy (non-hydrogen) atoms. The van der Waals surface area contributed by atoms with Crippen LogP contribution in [-0.4, -0.2) is 12.5 Å². The SMILES string of the molecule is O=C(CCNc1ccccc1Oc1ccccc1)NCc1ccc(F)cc1. The quantitative estimate of drug-likeness (QED) is 0.607. The molecule has 4 nitrogen and oxygen atoms in total. The standard InChI is InChI=1S/C22H21FN2O2/c23-18-12-10-17(11-13-18)16-25-22(26)14-15-24-20-8-4-5-9-21(20)27-19-6-2-1-3-7-19/h1-13,24H,14-16H2,(H,25,26). The van der Waals surface area contributed by atoms with Crippen LogP contribution in [0.5, 0.6) is 11.5 Å². The van der Waals surface area contributed by atoms with E-state index in [-0.39, 0.29) is 11.7 Å². The van der Waals surface area contributed by atoms with E-state index in [9.17, 15) is 9.18 Å². The Bertz CT molecular complexity index is 867. The number of amides is 1. The fourth-order valence-corrected chi connectivity index (χ4v) is 2.52. The molecule has 0 radical (unpaired) electrons. The molecule has 5 heteroatoms. The van der Waals surface area contributed by atoms with Gasteiger partial charge in [0.25, 0.3) is 0 Å². The second-order valence-corrected chi connectivity index (χ2v) is 5.99. The molecule has 0 aliphatic rings. The lowest BCUT2D eigenvalue weighted by molar-refractivity contribution is -0.121. The smallest absolute Gasteiger partial charge is 0.222 e. The minimum atomic E-state index is -0.286. The molecule has 0 aromatic heterocycles. The fourth-order valence-electron chi connectivity index (χ4n) is 2.52. The molecule has 0 heterocycles. The second-order valence-electron chi connectivity index (χ2n) is 5.99. The van der Waals surface area contributed by atoms with Crippen LogP contribution in [0, 0.1) is 5.82 Å². The van der Waals surface area contributed by atoms with Crippen molar-refractivity contribution < 1.29 is 13.9 Å². The zero-order valence-electron chi connectivity index (χ0n) is 14.8. The van der Waals surface area contributed by atoms with Gasteiger partial charge in [0.15, 0.2) is 5.75 Å². The van der Waals surface area contributed by atoms with Crippen molar-refractivity contribution in [1.82, 2.24) is 5.32 Å². The summed E-state index contributed by atoms with van der Waals surface area (Å²) in [6.07, 6.45) is 0.320. The van der Waals surface area contributed by atoms with Crippen LogP contribution in [0.4, 0.5) is 10.1 Å². The van der Waals surface area contributed by atoms with Gasteiger partial charge in [-0.1, -0.05) is 42.5 Å². The van der Waals surface area contributed by atoms with Crippen LogP contribution in [-0.2, 0) is 11.3 Å². The summed E-state index contributed by atoms with van der Waals surface area (Å²) in [4.78, 5) is 12.0.